The summed E-state index contributed by atoms with van der Waals surface area (Å²) in [5, 5.41) is 4.34. The van der Waals surface area contributed by atoms with Crippen LogP contribution in [0.4, 0.5) is 0 Å². The minimum absolute atomic E-state index is 0.121. The second-order valence-electron chi connectivity index (χ2n) is 4.79. The SMILES string of the molecule is Cc1nn(C)cc1C(N)c1ccc2c(c1)CCO2. The molecule has 4 nitrogen and oxygen atoms in total. The number of fused-ring (bicyclic) bond motifs is 1. The largest absolute Gasteiger partial charge is 0.493 e. The second kappa shape index (κ2) is 4.14. The third kappa shape index (κ3) is 1.78. The smallest absolute Gasteiger partial charge is 0.122 e. The van der Waals surface area contributed by atoms with E-state index >= 15 is 0 Å². The lowest BCUT2D eigenvalue weighted by atomic mass is 9.98. The van der Waals surface area contributed by atoms with E-state index < -0.39 is 0 Å². The molecule has 0 radical (unpaired) electrons. The highest BCUT2D eigenvalue weighted by Gasteiger charge is 2.18. The summed E-state index contributed by atoms with van der Waals surface area (Å²) < 4.78 is 7.32. The van der Waals surface area contributed by atoms with E-state index in [1.165, 1.54) is 5.56 Å². The standard InChI is InChI=1S/C14H17N3O/c1-9-12(8-17(2)16-9)14(15)11-3-4-13-10(7-11)5-6-18-13/h3-4,7-8,14H,5-6,15H2,1-2H3. The van der Waals surface area contributed by atoms with Crippen LogP contribution >= 0.6 is 0 Å². The van der Waals surface area contributed by atoms with Gasteiger partial charge in [-0.2, -0.15) is 5.10 Å². The van der Waals surface area contributed by atoms with Gasteiger partial charge in [-0.15, -0.1) is 0 Å². The van der Waals surface area contributed by atoms with Crippen LogP contribution < -0.4 is 10.5 Å². The molecule has 94 valence electrons. The minimum Gasteiger partial charge on any atom is -0.493 e. The normalized spacial score (nSPS) is 15.3. The fraction of sp³-hybridized carbons (Fsp3) is 0.357. The monoisotopic (exact) mass is 243 g/mol. The van der Waals surface area contributed by atoms with Crippen molar-refractivity contribution < 1.29 is 4.74 Å². The molecule has 0 fully saturated rings. The molecule has 1 aliphatic heterocycles. The van der Waals surface area contributed by atoms with E-state index in [0.29, 0.717) is 0 Å². The molecule has 3 rings (SSSR count). The molecule has 0 saturated heterocycles. The molecule has 2 aromatic rings. The van der Waals surface area contributed by atoms with Crippen molar-refractivity contribution in [2.45, 2.75) is 19.4 Å². The number of nitrogens with zero attached hydrogens (tertiary/aromatic N) is 2. The molecule has 1 aromatic carbocycles. The average Bonchev–Trinajstić information content (AvgIpc) is 2.93. The van der Waals surface area contributed by atoms with Crippen LogP contribution in [0.3, 0.4) is 0 Å². The Bertz CT molecular complexity index is 589. The highest BCUT2D eigenvalue weighted by atomic mass is 16.5. The maximum atomic E-state index is 6.33. The Morgan fingerprint density at radius 3 is 3.00 bits per heavy atom. The lowest BCUT2D eigenvalue weighted by molar-refractivity contribution is 0.357. The summed E-state index contributed by atoms with van der Waals surface area (Å²) in [5.41, 5.74) is 10.8. The summed E-state index contributed by atoms with van der Waals surface area (Å²) in [7, 11) is 1.92. The van der Waals surface area contributed by atoms with Gasteiger partial charge < -0.3 is 10.5 Å². The summed E-state index contributed by atoms with van der Waals surface area (Å²) >= 11 is 0. The molecule has 0 aliphatic carbocycles. The van der Waals surface area contributed by atoms with E-state index in [1.807, 2.05) is 32.3 Å². The van der Waals surface area contributed by atoms with E-state index in [4.69, 9.17) is 10.5 Å². The molecule has 0 bridgehead atoms. The predicted molar refractivity (Wildman–Crippen MR) is 69.6 cm³/mol. The highest BCUT2D eigenvalue weighted by Crippen LogP contribution is 2.30. The Kier molecular flexibility index (Phi) is 2.59. The van der Waals surface area contributed by atoms with Gasteiger partial charge in [0, 0.05) is 25.2 Å². The molecule has 2 heterocycles. The Morgan fingerprint density at radius 1 is 1.44 bits per heavy atom. The van der Waals surface area contributed by atoms with Crippen LogP contribution in [0.5, 0.6) is 5.75 Å². The van der Waals surface area contributed by atoms with E-state index in [0.717, 1.165) is 35.6 Å². The molecule has 2 N–H and O–H groups in total. The van der Waals surface area contributed by atoms with Gasteiger partial charge in [0.15, 0.2) is 0 Å². The first-order valence-electron chi connectivity index (χ1n) is 6.16. The van der Waals surface area contributed by atoms with Gasteiger partial charge in [-0.3, -0.25) is 4.68 Å². The number of hydrogen-bond donors (Lipinski definition) is 1. The van der Waals surface area contributed by atoms with Crippen LogP contribution in [0.2, 0.25) is 0 Å². The van der Waals surface area contributed by atoms with Crippen molar-refractivity contribution in [2.24, 2.45) is 12.8 Å². The van der Waals surface area contributed by atoms with Gasteiger partial charge in [0.2, 0.25) is 0 Å². The molecular weight excluding hydrogens is 226 g/mol. The topological polar surface area (TPSA) is 53.1 Å². The van der Waals surface area contributed by atoms with Crippen molar-refractivity contribution in [3.63, 3.8) is 0 Å². The van der Waals surface area contributed by atoms with Crippen LogP contribution in [0.1, 0.15) is 28.4 Å². The van der Waals surface area contributed by atoms with Gasteiger partial charge in [0.25, 0.3) is 0 Å². The van der Waals surface area contributed by atoms with Gasteiger partial charge >= 0.3 is 0 Å². The van der Waals surface area contributed by atoms with Crippen molar-refractivity contribution in [3.05, 3.63) is 46.8 Å². The van der Waals surface area contributed by atoms with Gasteiger partial charge in [-0.05, 0) is 24.1 Å². The molecule has 18 heavy (non-hydrogen) atoms. The molecule has 1 atom stereocenters. The lowest BCUT2D eigenvalue weighted by Gasteiger charge is -2.12. The third-order valence-electron chi connectivity index (χ3n) is 3.46. The number of nitrogens with two attached hydrogens (primary N) is 1. The molecular formula is C14H17N3O. The summed E-state index contributed by atoms with van der Waals surface area (Å²) in [6.45, 7) is 2.77. The fourth-order valence-corrected chi connectivity index (χ4v) is 2.50. The molecule has 0 saturated carbocycles. The number of aromatic nitrogens is 2. The van der Waals surface area contributed by atoms with Crippen LogP contribution in [0.15, 0.2) is 24.4 Å². The molecule has 4 heteroatoms. The van der Waals surface area contributed by atoms with Gasteiger partial charge in [-0.1, -0.05) is 12.1 Å². The van der Waals surface area contributed by atoms with Crippen LogP contribution in [0, 0.1) is 6.92 Å². The zero-order chi connectivity index (χ0) is 12.7. The maximum absolute atomic E-state index is 6.33. The Morgan fingerprint density at radius 2 is 2.28 bits per heavy atom. The molecule has 1 unspecified atom stereocenters. The number of aryl methyl sites for hydroxylation is 2. The summed E-state index contributed by atoms with van der Waals surface area (Å²) in [5.74, 6) is 0.994. The van der Waals surface area contributed by atoms with E-state index in [9.17, 15) is 0 Å². The summed E-state index contributed by atoms with van der Waals surface area (Å²) in [6, 6.07) is 6.09. The first kappa shape index (κ1) is 11.3. The van der Waals surface area contributed by atoms with Crippen molar-refractivity contribution in [1.29, 1.82) is 0 Å². The minimum atomic E-state index is -0.121. The predicted octanol–water partition coefficient (Wildman–Crippen LogP) is 1.71. The Labute approximate surface area is 106 Å². The van der Waals surface area contributed by atoms with Gasteiger partial charge in [-0.25, -0.2) is 0 Å². The fourth-order valence-electron chi connectivity index (χ4n) is 2.50. The van der Waals surface area contributed by atoms with Crippen molar-refractivity contribution in [1.82, 2.24) is 9.78 Å². The molecule has 0 amide bonds. The quantitative estimate of drug-likeness (QED) is 0.873. The third-order valence-corrected chi connectivity index (χ3v) is 3.46. The van der Waals surface area contributed by atoms with E-state index in [-0.39, 0.29) is 6.04 Å². The number of hydrogen-bond acceptors (Lipinski definition) is 3. The summed E-state index contributed by atoms with van der Waals surface area (Å²) in [6.07, 6.45) is 2.96. The van der Waals surface area contributed by atoms with Crippen LogP contribution in [-0.2, 0) is 13.5 Å². The lowest BCUT2D eigenvalue weighted by Crippen LogP contribution is -2.12. The first-order chi connectivity index (χ1) is 8.65. The Hall–Kier alpha value is -1.81. The van der Waals surface area contributed by atoms with Crippen LogP contribution in [-0.4, -0.2) is 16.4 Å². The molecule has 1 aliphatic rings. The average molecular weight is 243 g/mol. The number of ether oxygens (including phenoxy) is 1. The summed E-state index contributed by atoms with van der Waals surface area (Å²) in [4.78, 5) is 0. The van der Waals surface area contributed by atoms with Gasteiger partial charge in [0.1, 0.15) is 5.75 Å². The van der Waals surface area contributed by atoms with Crippen molar-refractivity contribution >= 4 is 0 Å². The first-order valence-corrected chi connectivity index (χ1v) is 6.16. The van der Waals surface area contributed by atoms with Gasteiger partial charge in [0.05, 0.1) is 18.3 Å². The maximum Gasteiger partial charge on any atom is 0.122 e. The zero-order valence-electron chi connectivity index (χ0n) is 10.7. The zero-order valence-corrected chi connectivity index (χ0v) is 10.7. The van der Waals surface area contributed by atoms with Crippen molar-refractivity contribution in [2.75, 3.05) is 6.61 Å². The Balaban J connectivity index is 1.97. The van der Waals surface area contributed by atoms with Crippen LogP contribution in [0.25, 0.3) is 0 Å². The number of rotatable bonds is 2. The van der Waals surface area contributed by atoms with E-state index in [1.54, 1.807) is 4.68 Å². The van der Waals surface area contributed by atoms with E-state index in [2.05, 4.69) is 11.2 Å². The highest BCUT2D eigenvalue weighted by molar-refractivity contribution is 5.43. The van der Waals surface area contributed by atoms with Crippen molar-refractivity contribution in [3.8, 4) is 5.75 Å². The number of benzene rings is 1. The molecule has 0 spiro atoms. The molecule has 1 aromatic heterocycles. The second-order valence-corrected chi connectivity index (χ2v) is 4.79.